The molecule has 282 valence electrons. The van der Waals surface area contributed by atoms with Crippen molar-refractivity contribution in [3.63, 3.8) is 0 Å². The fourth-order valence-corrected chi connectivity index (χ4v) is 9.88. The first-order valence-electron chi connectivity index (χ1n) is 20.7. The number of benzene rings is 9. The highest BCUT2D eigenvalue weighted by atomic mass is 15.0. The van der Waals surface area contributed by atoms with Crippen molar-refractivity contribution in [2.45, 2.75) is 19.3 Å². The van der Waals surface area contributed by atoms with Crippen LogP contribution in [0.1, 0.15) is 25.0 Å². The summed E-state index contributed by atoms with van der Waals surface area (Å²) in [7, 11) is 0. The summed E-state index contributed by atoms with van der Waals surface area (Å²) in [5, 5.41) is 7.43. The number of fused-ring (bicyclic) bond motifs is 9. The standard InChI is InChI=1S/C57H39N3/c1-57(2)51-21-9-8-18-47(51)49-34-38(24-28-52(49)57)39-25-29-54-50(35-39)48-20-11-19-46(40-15-10-16-42(32-40)56-58-31-30-53(59-56)37-13-4-3-5-14-37)55(48)60(54)43-26-27-45-41(33-43)23-22-36-12-6-7-17-44(36)45/h3-35H,1-2H3. The second kappa shape index (κ2) is 13.2. The predicted octanol–water partition coefficient (Wildman–Crippen LogP) is 14.9. The molecule has 0 saturated heterocycles. The number of rotatable bonds is 5. The summed E-state index contributed by atoms with van der Waals surface area (Å²) in [6, 6.07) is 70.8. The highest BCUT2D eigenvalue weighted by Crippen LogP contribution is 2.50. The highest BCUT2D eigenvalue weighted by molar-refractivity contribution is 6.15. The number of nitrogens with zero attached hydrogens (tertiary/aromatic N) is 3. The van der Waals surface area contributed by atoms with Gasteiger partial charge in [-0.3, -0.25) is 0 Å². The first kappa shape index (κ1) is 34.4. The molecule has 0 saturated carbocycles. The van der Waals surface area contributed by atoms with E-state index in [2.05, 4.69) is 188 Å². The molecular formula is C57H39N3. The third-order valence-electron chi connectivity index (χ3n) is 12.8. The van der Waals surface area contributed by atoms with Crippen LogP contribution in [0, 0.1) is 0 Å². The lowest BCUT2D eigenvalue weighted by atomic mass is 9.82. The van der Waals surface area contributed by atoms with E-state index >= 15 is 0 Å². The van der Waals surface area contributed by atoms with E-state index in [1.165, 1.54) is 76.7 Å². The molecule has 0 fully saturated rings. The molecule has 1 aliphatic rings. The van der Waals surface area contributed by atoms with E-state index in [0.29, 0.717) is 5.82 Å². The van der Waals surface area contributed by atoms with E-state index < -0.39 is 0 Å². The van der Waals surface area contributed by atoms with Gasteiger partial charge < -0.3 is 4.57 Å². The van der Waals surface area contributed by atoms with Crippen LogP contribution in [0.3, 0.4) is 0 Å². The van der Waals surface area contributed by atoms with E-state index in [4.69, 9.17) is 9.97 Å². The van der Waals surface area contributed by atoms with Gasteiger partial charge in [0.1, 0.15) is 0 Å². The van der Waals surface area contributed by atoms with Crippen LogP contribution in [0.15, 0.2) is 200 Å². The van der Waals surface area contributed by atoms with E-state index in [9.17, 15) is 0 Å². The van der Waals surface area contributed by atoms with Crippen LogP contribution in [0.4, 0.5) is 0 Å². The Labute approximate surface area is 348 Å². The number of hydrogen-bond acceptors (Lipinski definition) is 2. The summed E-state index contributed by atoms with van der Waals surface area (Å²) in [4.78, 5) is 9.77. The largest absolute Gasteiger partial charge is 0.309 e. The van der Waals surface area contributed by atoms with Gasteiger partial charge in [0.2, 0.25) is 0 Å². The smallest absolute Gasteiger partial charge is 0.159 e. The summed E-state index contributed by atoms with van der Waals surface area (Å²) < 4.78 is 2.47. The van der Waals surface area contributed by atoms with Crippen molar-refractivity contribution in [1.82, 2.24) is 14.5 Å². The molecule has 60 heavy (non-hydrogen) atoms. The van der Waals surface area contributed by atoms with Crippen molar-refractivity contribution in [1.29, 1.82) is 0 Å². The lowest BCUT2D eigenvalue weighted by Gasteiger charge is -2.21. The molecule has 3 nitrogen and oxygen atoms in total. The number of aromatic nitrogens is 3. The summed E-state index contributed by atoms with van der Waals surface area (Å²) in [6.07, 6.45) is 1.86. The second-order valence-corrected chi connectivity index (χ2v) is 16.6. The van der Waals surface area contributed by atoms with Gasteiger partial charge in [0.05, 0.1) is 16.7 Å². The molecule has 0 aliphatic heterocycles. The molecule has 1 aliphatic carbocycles. The normalized spacial score (nSPS) is 13.0. The zero-order valence-electron chi connectivity index (χ0n) is 33.4. The van der Waals surface area contributed by atoms with Crippen molar-refractivity contribution in [2.24, 2.45) is 0 Å². The molecule has 0 spiro atoms. The Morgan fingerprint density at radius 3 is 2.05 bits per heavy atom. The Kier molecular flexibility index (Phi) is 7.58. The summed E-state index contributed by atoms with van der Waals surface area (Å²) in [5.74, 6) is 0.706. The fraction of sp³-hybridized carbons (Fsp3) is 0.0526. The quantitative estimate of drug-likeness (QED) is 0.163. The first-order valence-corrected chi connectivity index (χ1v) is 20.7. The molecule has 0 N–H and O–H groups in total. The number of para-hydroxylation sites is 1. The second-order valence-electron chi connectivity index (χ2n) is 16.6. The van der Waals surface area contributed by atoms with E-state index in [1.54, 1.807) is 0 Å². The lowest BCUT2D eigenvalue weighted by molar-refractivity contribution is 0.660. The Morgan fingerprint density at radius 1 is 0.417 bits per heavy atom. The minimum absolute atomic E-state index is 0.0293. The summed E-state index contributed by atoms with van der Waals surface area (Å²) in [6.45, 7) is 4.69. The van der Waals surface area contributed by atoms with Gasteiger partial charge in [0, 0.05) is 44.8 Å². The third-order valence-corrected chi connectivity index (χ3v) is 12.8. The van der Waals surface area contributed by atoms with Crippen LogP contribution in [0.2, 0.25) is 0 Å². The van der Waals surface area contributed by atoms with Crippen LogP contribution in [-0.2, 0) is 5.41 Å². The lowest BCUT2D eigenvalue weighted by Crippen LogP contribution is -2.14. The van der Waals surface area contributed by atoms with Crippen molar-refractivity contribution in [3.8, 4) is 61.7 Å². The summed E-state index contributed by atoms with van der Waals surface area (Å²) in [5.41, 5.74) is 16.6. The SMILES string of the molecule is CC1(C)c2ccccc2-c2cc(-c3ccc4c(c3)c3cccc(-c5cccc(-c6nccc(-c7ccccc7)n6)c5)c3n4-c3ccc4c(ccc5ccccc54)c3)ccc21. The van der Waals surface area contributed by atoms with Gasteiger partial charge >= 0.3 is 0 Å². The zero-order valence-corrected chi connectivity index (χ0v) is 33.4. The molecule has 3 heteroatoms. The third kappa shape index (κ3) is 5.29. The van der Waals surface area contributed by atoms with Crippen molar-refractivity contribution in [3.05, 3.63) is 211 Å². The molecule has 11 aromatic rings. The van der Waals surface area contributed by atoms with Crippen LogP contribution in [-0.4, -0.2) is 14.5 Å². The molecule has 12 rings (SSSR count). The zero-order chi connectivity index (χ0) is 40.0. The maximum absolute atomic E-state index is 5.02. The molecule has 0 radical (unpaired) electrons. The maximum Gasteiger partial charge on any atom is 0.159 e. The Morgan fingerprint density at radius 2 is 1.12 bits per heavy atom. The minimum Gasteiger partial charge on any atom is -0.309 e. The average molecular weight is 766 g/mol. The predicted molar refractivity (Wildman–Crippen MR) is 251 cm³/mol. The van der Waals surface area contributed by atoms with Gasteiger partial charge in [-0.1, -0.05) is 166 Å². The number of hydrogen-bond donors (Lipinski definition) is 0. The Bertz CT molecular complexity index is 3520. The van der Waals surface area contributed by atoms with Crippen LogP contribution >= 0.6 is 0 Å². The van der Waals surface area contributed by atoms with Crippen molar-refractivity contribution >= 4 is 43.4 Å². The maximum atomic E-state index is 5.02. The van der Waals surface area contributed by atoms with E-state index in [1.807, 2.05) is 30.5 Å². The molecule has 0 unspecified atom stereocenters. The van der Waals surface area contributed by atoms with Crippen LogP contribution in [0.5, 0.6) is 0 Å². The van der Waals surface area contributed by atoms with E-state index in [0.717, 1.165) is 33.6 Å². The van der Waals surface area contributed by atoms with Gasteiger partial charge in [-0.05, 0) is 103 Å². The first-order chi connectivity index (χ1) is 29.5. The van der Waals surface area contributed by atoms with E-state index in [-0.39, 0.29) is 5.41 Å². The fourth-order valence-electron chi connectivity index (χ4n) is 9.88. The molecule has 0 atom stereocenters. The topological polar surface area (TPSA) is 30.7 Å². The average Bonchev–Trinajstić information content (AvgIpc) is 3.77. The molecule has 9 aromatic carbocycles. The molecule has 0 bridgehead atoms. The minimum atomic E-state index is -0.0293. The Hall–Kier alpha value is -7.62. The molecular weight excluding hydrogens is 727 g/mol. The highest BCUT2D eigenvalue weighted by Gasteiger charge is 2.35. The van der Waals surface area contributed by atoms with Gasteiger partial charge in [0.15, 0.2) is 5.82 Å². The van der Waals surface area contributed by atoms with Gasteiger partial charge in [-0.25, -0.2) is 9.97 Å². The van der Waals surface area contributed by atoms with Crippen molar-refractivity contribution in [2.75, 3.05) is 0 Å². The van der Waals surface area contributed by atoms with Crippen LogP contribution < -0.4 is 0 Å². The van der Waals surface area contributed by atoms with Gasteiger partial charge in [0.25, 0.3) is 0 Å². The Balaban J connectivity index is 1.06. The molecule has 2 aromatic heterocycles. The summed E-state index contributed by atoms with van der Waals surface area (Å²) >= 11 is 0. The van der Waals surface area contributed by atoms with Crippen molar-refractivity contribution < 1.29 is 0 Å². The van der Waals surface area contributed by atoms with Gasteiger partial charge in [-0.2, -0.15) is 0 Å². The molecule has 0 amide bonds. The van der Waals surface area contributed by atoms with Gasteiger partial charge in [-0.15, -0.1) is 0 Å². The van der Waals surface area contributed by atoms with Crippen LogP contribution in [0.25, 0.3) is 105 Å². The molecule has 2 heterocycles. The monoisotopic (exact) mass is 765 g/mol.